The van der Waals surface area contributed by atoms with Crippen LogP contribution < -0.4 is 4.74 Å². The minimum absolute atomic E-state index is 0.163. The van der Waals surface area contributed by atoms with Gasteiger partial charge >= 0.3 is 0 Å². The van der Waals surface area contributed by atoms with Gasteiger partial charge in [0, 0.05) is 13.1 Å². The van der Waals surface area contributed by atoms with Gasteiger partial charge in [-0.15, -0.1) is 0 Å². The van der Waals surface area contributed by atoms with Crippen LogP contribution in [0.25, 0.3) is 0 Å². The van der Waals surface area contributed by atoms with Crippen LogP contribution in [-0.4, -0.2) is 42.2 Å². The highest BCUT2D eigenvalue weighted by Crippen LogP contribution is 2.30. The number of hydrogen-bond donors (Lipinski definition) is 1. The average Bonchev–Trinajstić information content (AvgIpc) is 2.46. The molecular weight excluding hydrogens is 242 g/mol. The molecule has 0 spiro atoms. The van der Waals surface area contributed by atoms with Crippen molar-refractivity contribution in [3.05, 3.63) is 29.8 Å². The van der Waals surface area contributed by atoms with E-state index in [9.17, 15) is 9.90 Å². The van der Waals surface area contributed by atoms with Crippen LogP contribution in [0.2, 0.25) is 0 Å². The van der Waals surface area contributed by atoms with Crippen molar-refractivity contribution in [3.63, 3.8) is 0 Å². The standard InChI is InChI=1S/C15H21NO3/c1-11(17)15(18)16-8-6-12(7-9-16)13-4-3-5-14(10-13)19-2/h3-5,10-12,17H,6-9H2,1-2H3/t11-/m0/s1. The second-order valence-electron chi connectivity index (χ2n) is 5.05. The van der Waals surface area contributed by atoms with Crippen LogP contribution in [-0.2, 0) is 4.79 Å². The number of aliphatic hydroxyl groups is 1. The van der Waals surface area contributed by atoms with Crippen LogP contribution in [0.5, 0.6) is 5.75 Å². The topological polar surface area (TPSA) is 49.8 Å². The Morgan fingerprint density at radius 3 is 2.68 bits per heavy atom. The molecule has 0 aromatic heterocycles. The maximum absolute atomic E-state index is 11.7. The fourth-order valence-electron chi connectivity index (χ4n) is 2.59. The first-order valence-electron chi connectivity index (χ1n) is 6.72. The molecule has 104 valence electrons. The summed E-state index contributed by atoms with van der Waals surface area (Å²) < 4.78 is 5.24. The van der Waals surface area contributed by atoms with E-state index in [4.69, 9.17) is 4.74 Å². The Bertz CT molecular complexity index is 437. The lowest BCUT2D eigenvalue weighted by Gasteiger charge is -2.33. The van der Waals surface area contributed by atoms with Crippen LogP contribution >= 0.6 is 0 Å². The monoisotopic (exact) mass is 263 g/mol. The van der Waals surface area contributed by atoms with Gasteiger partial charge in [-0.2, -0.15) is 0 Å². The van der Waals surface area contributed by atoms with Gasteiger partial charge in [0.25, 0.3) is 5.91 Å². The summed E-state index contributed by atoms with van der Waals surface area (Å²) in [5.74, 6) is 1.18. The molecule has 1 aromatic rings. The van der Waals surface area contributed by atoms with Gasteiger partial charge < -0.3 is 14.7 Å². The number of carbonyl (C=O) groups is 1. The summed E-state index contributed by atoms with van der Waals surface area (Å²) in [5.41, 5.74) is 1.27. The normalized spacial score (nSPS) is 18.2. The molecule has 1 aliphatic rings. The average molecular weight is 263 g/mol. The lowest BCUT2D eigenvalue weighted by Crippen LogP contribution is -2.42. The molecule has 4 heteroatoms. The predicted molar refractivity (Wildman–Crippen MR) is 73.2 cm³/mol. The number of nitrogens with zero attached hydrogens (tertiary/aromatic N) is 1. The third-order valence-electron chi connectivity index (χ3n) is 3.73. The molecule has 1 fully saturated rings. The fourth-order valence-corrected chi connectivity index (χ4v) is 2.59. The van der Waals surface area contributed by atoms with E-state index < -0.39 is 6.10 Å². The van der Waals surface area contributed by atoms with Gasteiger partial charge in [-0.1, -0.05) is 12.1 Å². The van der Waals surface area contributed by atoms with Gasteiger partial charge in [-0.05, 0) is 43.4 Å². The molecule has 19 heavy (non-hydrogen) atoms. The Morgan fingerprint density at radius 1 is 1.42 bits per heavy atom. The Kier molecular flexibility index (Phi) is 4.43. The van der Waals surface area contributed by atoms with Crippen LogP contribution in [0, 0.1) is 0 Å². The number of likely N-dealkylation sites (tertiary alicyclic amines) is 1. The smallest absolute Gasteiger partial charge is 0.251 e. The molecule has 1 N–H and O–H groups in total. The maximum Gasteiger partial charge on any atom is 0.251 e. The number of aliphatic hydroxyl groups excluding tert-OH is 1. The van der Waals surface area contributed by atoms with Crippen LogP contribution in [0.4, 0.5) is 0 Å². The molecule has 0 bridgehead atoms. The van der Waals surface area contributed by atoms with E-state index in [1.165, 1.54) is 12.5 Å². The molecule has 2 rings (SSSR count). The number of carbonyl (C=O) groups excluding carboxylic acids is 1. The number of piperidine rings is 1. The molecule has 0 unspecified atom stereocenters. The van der Waals surface area contributed by atoms with Crippen molar-refractivity contribution in [3.8, 4) is 5.75 Å². The highest BCUT2D eigenvalue weighted by atomic mass is 16.5. The zero-order chi connectivity index (χ0) is 13.8. The molecule has 0 radical (unpaired) electrons. The molecule has 4 nitrogen and oxygen atoms in total. The van der Waals surface area contributed by atoms with Gasteiger partial charge in [0.2, 0.25) is 0 Å². The molecule has 1 aromatic carbocycles. The summed E-state index contributed by atoms with van der Waals surface area (Å²) >= 11 is 0. The summed E-state index contributed by atoms with van der Waals surface area (Å²) in [6.07, 6.45) is 0.977. The number of benzene rings is 1. The summed E-state index contributed by atoms with van der Waals surface area (Å²) in [7, 11) is 1.67. The van der Waals surface area contributed by atoms with Crippen molar-refractivity contribution in [1.82, 2.24) is 4.90 Å². The summed E-state index contributed by atoms with van der Waals surface area (Å²) in [6, 6.07) is 8.12. The van der Waals surface area contributed by atoms with E-state index in [-0.39, 0.29) is 5.91 Å². The quantitative estimate of drug-likeness (QED) is 0.904. The minimum atomic E-state index is -0.895. The lowest BCUT2D eigenvalue weighted by atomic mass is 9.89. The summed E-state index contributed by atoms with van der Waals surface area (Å²) in [5, 5.41) is 9.32. The number of hydrogen-bond acceptors (Lipinski definition) is 3. The Hall–Kier alpha value is -1.55. The van der Waals surface area contributed by atoms with Gasteiger partial charge in [-0.3, -0.25) is 4.79 Å². The first-order chi connectivity index (χ1) is 9.11. The van der Waals surface area contributed by atoms with Gasteiger partial charge in [-0.25, -0.2) is 0 Å². The van der Waals surface area contributed by atoms with Crippen molar-refractivity contribution in [1.29, 1.82) is 0 Å². The van der Waals surface area contributed by atoms with Crippen molar-refractivity contribution < 1.29 is 14.6 Å². The predicted octanol–water partition coefficient (Wildman–Crippen LogP) is 1.78. The minimum Gasteiger partial charge on any atom is -0.497 e. The molecule has 1 amide bonds. The third kappa shape index (κ3) is 3.26. The third-order valence-corrected chi connectivity index (χ3v) is 3.73. The number of amides is 1. The maximum atomic E-state index is 11.7. The first kappa shape index (κ1) is 13.9. The van der Waals surface area contributed by atoms with Crippen molar-refractivity contribution in [2.75, 3.05) is 20.2 Å². The van der Waals surface area contributed by atoms with Gasteiger partial charge in [0.1, 0.15) is 11.9 Å². The molecular formula is C15H21NO3. The van der Waals surface area contributed by atoms with Crippen LogP contribution in [0.15, 0.2) is 24.3 Å². The first-order valence-corrected chi connectivity index (χ1v) is 6.72. The van der Waals surface area contributed by atoms with Crippen molar-refractivity contribution in [2.45, 2.75) is 31.8 Å². The molecule has 0 aliphatic carbocycles. The van der Waals surface area contributed by atoms with E-state index in [1.54, 1.807) is 12.0 Å². The molecule has 1 saturated heterocycles. The zero-order valence-electron chi connectivity index (χ0n) is 11.5. The second-order valence-corrected chi connectivity index (χ2v) is 5.05. The van der Waals surface area contributed by atoms with E-state index >= 15 is 0 Å². The Morgan fingerprint density at radius 2 is 2.11 bits per heavy atom. The molecule has 1 atom stereocenters. The molecule has 1 heterocycles. The molecule has 1 aliphatic heterocycles. The highest BCUT2D eigenvalue weighted by Gasteiger charge is 2.25. The zero-order valence-corrected chi connectivity index (χ0v) is 11.5. The number of rotatable bonds is 3. The van der Waals surface area contributed by atoms with E-state index in [0.717, 1.165) is 18.6 Å². The molecule has 0 saturated carbocycles. The van der Waals surface area contributed by atoms with Gasteiger partial charge in [0.15, 0.2) is 0 Å². The Balaban J connectivity index is 1.97. The SMILES string of the molecule is COc1cccc(C2CCN(C(=O)[C@H](C)O)CC2)c1. The van der Waals surface area contributed by atoms with Crippen LogP contribution in [0.1, 0.15) is 31.2 Å². The van der Waals surface area contributed by atoms with E-state index in [2.05, 4.69) is 12.1 Å². The number of methoxy groups -OCH3 is 1. The summed E-state index contributed by atoms with van der Waals surface area (Å²) in [4.78, 5) is 13.4. The number of ether oxygens (including phenoxy) is 1. The largest absolute Gasteiger partial charge is 0.497 e. The van der Waals surface area contributed by atoms with Crippen molar-refractivity contribution >= 4 is 5.91 Å². The Labute approximate surface area is 114 Å². The van der Waals surface area contributed by atoms with Crippen LogP contribution in [0.3, 0.4) is 0 Å². The lowest BCUT2D eigenvalue weighted by molar-refractivity contribution is -0.140. The summed E-state index contributed by atoms with van der Waals surface area (Å²) in [6.45, 7) is 2.95. The fraction of sp³-hybridized carbons (Fsp3) is 0.533. The second kappa shape index (κ2) is 6.06. The van der Waals surface area contributed by atoms with E-state index in [0.29, 0.717) is 19.0 Å². The van der Waals surface area contributed by atoms with Crippen molar-refractivity contribution in [2.24, 2.45) is 0 Å². The highest BCUT2D eigenvalue weighted by molar-refractivity contribution is 5.80. The van der Waals surface area contributed by atoms with E-state index in [1.807, 2.05) is 12.1 Å². The van der Waals surface area contributed by atoms with Gasteiger partial charge in [0.05, 0.1) is 7.11 Å².